The van der Waals surface area contributed by atoms with E-state index in [0.29, 0.717) is 24.0 Å². The molecule has 5 nitrogen and oxygen atoms in total. The molecule has 1 aromatic heterocycles. The zero-order chi connectivity index (χ0) is 15.2. The fraction of sp³-hybridized carbons (Fsp3) is 0.353. The molecule has 23 heavy (non-hydrogen) atoms. The molecule has 3 rings (SSSR count). The number of hydrogen-bond donors (Lipinski definition) is 2. The molecule has 0 spiro atoms. The largest absolute Gasteiger partial charge is 0.323 e. The lowest BCUT2D eigenvalue weighted by atomic mass is 10.1. The summed E-state index contributed by atoms with van der Waals surface area (Å²) in [6, 6.07) is 10.3. The zero-order valence-corrected chi connectivity index (χ0v) is 13.7. The van der Waals surface area contributed by atoms with Crippen LogP contribution in [0.1, 0.15) is 25.7 Å². The molecule has 1 saturated heterocycles. The number of benzene rings is 1. The molecule has 0 aliphatic carbocycles. The van der Waals surface area contributed by atoms with Crippen molar-refractivity contribution >= 4 is 24.0 Å². The highest BCUT2D eigenvalue weighted by molar-refractivity contribution is 5.90. The Morgan fingerprint density at radius 2 is 1.96 bits per heavy atom. The Morgan fingerprint density at radius 3 is 2.61 bits per heavy atom. The van der Waals surface area contributed by atoms with Crippen LogP contribution >= 0.6 is 12.4 Å². The van der Waals surface area contributed by atoms with Crippen molar-refractivity contribution in [2.75, 3.05) is 11.9 Å². The van der Waals surface area contributed by atoms with Crippen LogP contribution < -0.4 is 10.6 Å². The number of anilines is 1. The van der Waals surface area contributed by atoms with E-state index in [1.807, 2.05) is 30.3 Å². The van der Waals surface area contributed by atoms with E-state index in [4.69, 9.17) is 0 Å². The van der Waals surface area contributed by atoms with Crippen LogP contribution in [0.25, 0.3) is 11.4 Å². The van der Waals surface area contributed by atoms with Crippen molar-refractivity contribution in [1.29, 1.82) is 0 Å². The van der Waals surface area contributed by atoms with E-state index in [2.05, 4.69) is 20.6 Å². The number of hydrogen-bond acceptors (Lipinski definition) is 4. The van der Waals surface area contributed by atoms with E-state index >= 15 is 0 Å². The van der Waals surface area contributed by atoms with Crippen molar-refractivity contribution in [3.63, 3.8) is 0 Å². The summed E-state index contributed by atoms with van der Waals surface area (Å²) in [5.74, 6) is 0.679. The third-order valence-electron chi connectivity index (χ3n) is 3.85. The molecular formula is C17H21ClN4O. The molecule has 6 heteroatoms. The first kappa shape index (κ1) is 17.4. The summed E-state index contributed by atoms with van der Waals surface area (Å²) in [6.07, 6.45) is 7.10. The standard InChI is InChI=1S/C17H20N4O.ClH/c22-16(9-8-14-7-4-10-18-14)21-15-11-19-17(20-12-15)13-5-2-1-3-6-13;/h1-3,5-6,11-12,14,18H,4,7-10H2,(H,21,22);1H. The topological polar surface area (TPSA) is 66.9 Å². The molecule has 1 aliphatic rings. The number of halogens is 1. The van der Waals surface area contributed by atoms with Crippen molar-refractivity contribution in [3.8, 4) is 11.4 Å². The minimum absolute atomic E-state index is 0. The Balaban J connectivity index is 0.00000192. The molecule has 122 valence electrons. The first-order valence-electron chi connectivity index (χ1n) is 7.72. The lowest BCUT2D eigenvalue weighted by Crippen LogP contribution is -2.23. The van der Waals surface area contributed by atoms with Gasteiger partial charge in [0.05, 0.1) is 18.1 Å². The second kappa shape index (κ2) is 8.60. The Morgan fingerprint density at radius 1 is 1.22 bits per heavy atom. The number of carbonyl (C=O) groups is 1. The predicted molar refractivity (Wildman–Crippen MR) is 93.6 cm³/mol. The van der Waals surface area contributed by atoms with Gasteiger partial charge in [0.15, 0.2) is 5.82 Å². The zero-order valence-electron chi connectivity index (χ0n) is 12.9. The minimum atomic E-state index is 0. The Hall–Kier alpha value is -1.98. The van der Waals surface area contributed by atoms with Crippen LogP contribution in [-0.2, 0) is 4.79 Å². The minimum Gasteiger partial charge on any atom is -0.323 e. The summed E-state index contributed by atoms with van der Waals surface area (Å²) in [4.78, 5) is 20.5. The van der Waals surface area contributed by atoms with Crippen LogP contribution in [-0.4, -0.2) is 28.5 Å². The van der Waals surface area contributed by atoms with Gasteiger partial charge >= 0.3 is 0 Å². The average Bonchev–Trinajstić information content (AvgIpc) is 3.08. The fourth-order valence-electron chi connectivity index (χ4n) is 2.66. The maximum atomic E-state index is 11.9. The highest BCUT2D eigenvalue weighted by Gasteiger charge is 2.15. The predicted octanol–water partition coefficient (Wildman–Crippen LogP) is 3.04. The van der Waals surface area contributed by atoms with Crippen molar-refractivity contribution in [2.24, 2.45) is 0 Å². The van der Waals surface area contributed by atoms with E-state index in [9.17, 15) is 4.79 Å². The lowest BCUT2D eigenvalue weighted by Gasteiger charge is -2.10. The maximum Gasteiger partial charge on any atom is 0.224 e. The molecule has 0 bridgehead atoms. The van der Waals surface area contributed by atoms with Crippen LogP contribution in [0.15, 0.2) is 42.7 Å². The van der Waals surface area contributed by atoms with Crippen molar-refractivity contribution in [2.45, 2.75) is 31.7 Å². The molecule has 2 N–H and O–H groups in total. The Kier molecular flexibility index (Phi) is 6.50. The Labute approximate surface area is 142 Å². The summed E-state index contributed by atoms with van der Waals surface area (Å²) < 4.78 is 0. The molecule has 2 heterocycles. The molecule has 1 fully saturated rings. The van der Waals surface area contributed by atoms with Gasteiger partial charge in [-0.3, -0.25) is 4.79 Å². The number of aromatic nitrogens is 2. The number of nitrogens with zero attached hydrogens (tertiary/aromatic N) is 2. The first-order valence-corrected chi connectivity index (χ1v) is 7.72. The summed E-state index contributed by atoms with van der Waals surface area (Å²) in [6.45, 7) is 1.07. The van der Waals surface area contributed by atoms with Crippen LogP contribution in [0.5, 0.6) is 0 Å². The molecule has 1 atom stereocenters. The second-order valence-corrected chi connectivity index (χ2v) is 5.54. The fourth-order valence-corrected chi connectivity index (χ4v) is 2.66. The van der Waals surface area contributed by atoms with E-state index < -0.39 is 0 Å². The van der Waals surface area contributed by atoms with Crippen molar-refractivity contribution in [3.05, 3.63) is 42.7 Å². The lowest BCUT2D eigenvalue weighted by molar-refractivity contribution is -0.116. The average molecular weight is 333 g/mol. The van der Waals surface area contributed by atoms with E-state index in [0.717, 1.165) is 18.5 Å². The van der Waals surface area contributed by atoms with Crippen LogP contribution in [0.4, 0.5) is 5.69 Å². The van der Waals surface area contributed by atoms with Crippen LogP contribution in [0.3, 0.4) is 0 Å². The summed E-state index contributed by atoms with van der Waals surface area (Å²) in [5, 5.41) is 6.25. The van der Waals surface area contributed by atoms with Gasteiger partial charge in [-0.15, -0.1) is 12.4 Å². The van der Waals surface area contributed by atoms with Crippen molar-refractivity contribution < 1.29 is 4.79 Å². The number of amides is 1. The van der Waals surface area contributed by atoms with Crippen LogP contribution in [0, 0.1) is 0 Å². The van der Waals surface area contributed by atoms with Gasteiger partial charge in [0.2, 0.25) is 5.91 Å². The quantitative estimate of drug-likeness (QED) is 0.883. The third kappa shape index (κ3) is 5.01. The molecule has 1 unspecified atom stereocenters. The molecule has 2 aromatic rings. The molecule has 0 radical (unpaired) electrons. The smallest absolute Gasteiger partial charge is 0.224 e. The summed E-state index contributed by atoms with van der Waals surface area (Å²) >= 11 is 0. The summed E-state index contributed by atoms with van der Waals surface area (Å²) in [7, 11) is 0. The van der Waals surface area contributed by atoms with Gasteiger partial charge in [-0.05, 0) is 25.8 Å². The van der Waals surface area contributed by atoms with E-state index in [1.165, 1.54) is 12.8 Å². The van der Waals surface area contributed by atoms with Gasteiger partial charge in [0, 0.05) is 18.0 Å². The second-order valence-electron chi connectivity index (χ2n) is 5.54. The van der Waals surface area contributed by atoms with Gasteiger partial charge in [0.25, 0.3) is 0 Å². The van der Waals surface area contributed by atoms with Crippen LogP contribution in [0.2, 0.25) is 0 Å². The maximum absolute atomic E-state index is 11.9. The molecule has 0 saturated carbocycles. The number of carbonyl (C=O) groups excluding carboxylic acids is 1. The van der Waals surface area contributed by atoms with Gasteiger partial charge in [0.1, 0.15) is 0 Å². The number of nitrogens with one attached hydrogen (secondary N) is 2. The van der Waals surface area contributed by atoms with Gasteiger partial charge in [-0.2, -0.15) is 0 Å². The van der Waals surface area contributed by atoms with Gasteiger partial charge in [-0.1, -0.05) is 30.3 Å². The summed E-state index contributed by atoms with van der Waals surface area (Å²) in [5.41, 5.74) is 1.61. The Bertz CT molecular complexity index is 612. The third-order valence-corrected chi connectivity index (χ3v) is 3.85. The molecule has 1 aromatic carbocycles. The van der Waals surface area contributed by atoms with Crippen molar-refractivity contribution in [1.82, 2.24) is 15.3 Å². The highest BCUT2D eigenvalue weighted by Crippen LogP contribution is 2.15. The van der Waals surface area contributed by atoms with Gasteiger partial charge in [-0.25, -0.2) is 9.97 Å². The highest BCUT2D eigenvalue weighted by atomic mass is 35.5. The SMILES string of the molecule is Cl.O=C(CCC1CCCN1)Nc1cnc(-c2ccccc2)nc1. The normalized spacial score (nSPS) is 16.6. The van der Waals surface area contributed by atoms with E-state index in [1.54, 1.807) is 12.4 Å². The molecule has 1 amide bonds. The number of rotatable bonds is 5. The molecule has 1 aliphatic heterocycles. The first-order chi connectivity index (χ1) is 10.8. The van der Waals surface area contributed by atoms with Gasteiger partial charge < -0.3 is 10.6 Å². The van der Waals surface area contributed by atoms with E-state index in [-0.39, 0.29) is 18.3 Å². The molecular weight excluding hydrogens is 312 g/mol. The monoisotopic (exact) mass is 332 g/mol.